The van der Waals surface area contributed by atoms with Crippen LogP contribution in [0.4, 0.5) is 5.95 Å². The molecule has 3 aromatic heterocycles. The highest BCUT2D eigenvalue weighted by Crippen LogP contribution is 2.30. The zero-order valence-electron chi connectivity index (χ0n) is 11.7. The first-order chi connectivity index (χ1) is 10.8. The van der Waals surface area contributed by atoms with Crippen LogP contribution in [-0.4, -0.2) is 26.1 Å². The van der Waals surface area contributed by atoms with Crippen molar-refractivity contribution >= 4 is 23.2 Å². The number of pyridine rings is 1. The number of nitrogens with one attached hydrogen (secondary N) is 2. The van der Waals surface area contributed by atoms with E-state index in [-0.39, 0.29) is 11.9 Å². The SMILES string of the molecule is O=C(Nc1n[nH]c(-c2ccccn2)n1)c1cc2c(s1)CCC2. The Labute approximate surface area is 130 Å². The maximum Gasteiger partial charge on any atom is 0.268 e. The lowest BCUT2D eigenvalue weighted by atomic mass is 10.2. The first kappa shape index (κ1) is 13.1. The van der Waals surface area contributed by atoms with Gasteiger partial charge in [0, 0.05) is 11.1 Å². The highest BCUT2D eigenvalue weighted by molar-refractivity contribution is 7.14. The number of carbonyl (C=O) groups is 1. The van der Waals surface area contributed by atoms with Gasteiger partial charge in [0.05, 0.1) is 4.88 Å². The molecule has 0 atom stereocenters. The number of aromatic nitrogens is 4. The third kappa shape index (κ3) is 2.39. The number of aromatic amines is 1. The van der Waals surface area contributed by atoms with Gasteiger partial charge in [-0.1, -0.05) is 6.07 Å². The van der Waals surface area contributed by atoms with E-state index in [2.05, 4.69) is 25.5 Å². The molecule has 0 bridgehead atoms. The fraction of sp³-hybridized carbons (Fsp3) is 0.200. The van der Waals surface area contributed by atoms with Crippen molar-refractivity contribution < 1.29 is 4.79 Å². The van der Waals surface area contributed by atoms with Crippen LogP contribution in [-0.2, 0) is 12.8 Å². The van der Waals surface area contributed by atoms with Gasteiger partial charge in [0.1, 0.15) is 5.69 Å². The minimum Gasteiger partial charge on any atom is -0.288 e. The van der Waals surface area contributed by atoms with Gasteiger partial charge in [-0.2, -0.15) is 4.98 Å². The van der Waals surface area contributed by atoms with Gasteiger partial charge >= 0.3 is 0 Å². The standard InChI is InChI=1S/C15H13N5OS/c21-14(12-8-9-4-3-6-11(9)22-12)18-15-17-13(19-20-15)10-5-1-2-7-16-10/h1-2,5,7-8H,3-4,6H2,(H2,17,18,19,20,21). The quantitative estimate of drug-likeness (QED) is 0.779. The van der Waals surface area contributed by atoms with Crippen molar-refractivity contribution in [1.82, 2.24) is 20.2 Å². The molecule has 7 heteroatoms. The summed E-state index contributed by atoms with van der Waals surface area (Å²) in [5.41, 5.74) is 1.99. The molecule has 0 radical (unpaired) electrons. The van der Waals surface area contributed by atoms with Crippen molar-refractivity contribution in [2.45, 2.75) is 19.3 Å². The Hall–Kier alpha value is -2.54. The molecular formula is C15H13N5OS. The monoisotopic (exact) mass is 311 g/mol. The van der Waals surface area contributed by atoms with E-state index in [0.29, 0.717) is 16.4 Å². The zero-order valence-corrected chi connectivity index (χ0v) is 12.5. The number of amides is 1. The van der Waals surface area contributed by atoms with E-state index < -0.39 is 0 Å². The van der Waals surface area contributed by atoms with Crippen molar-refractivity contribution in [3.05, 3.63) is 45.8 Å². The molecule has 4 rings (SSSR count). The van der Waals surface area contributed by atoms with E-state index in [1.165, 1.54) is 16.9 Å². The lowest BCUT2D eigenvalue weighted by Gasteiger charge is -1.97. The lowest BCUT2D eigenvalue weighted by Crippen LogP contribution is -2.11. The second-order valence-corrected chi connectivity index (χ2v) is 6.23. The van der Waals surface area contributed by atoms with Crippen LogP contribution >= 0.6 is 11.3 Å². The highest BCUT2D eigenvalue weighted by atomic mass is 32.1. The molecule has 1 aliphatic rings. The summed E-state index contributed by atoms with van der Waals surface area (Å²) >= 11 is 1.56. The van der Waals surface area contributed by atoms with Crippen molar-refractivity contribution in [2.24, 2.45) is 0 Å². The van der Waals surface area contributed by atoms with E-state index in [0.717, 1.165) is 12.8 Å². The highest BCUT2D eigenvalue weighted by Gasteiger charge is 2.19. The summed E-state index contributed by atoms with van der Waals surface area (Å²) in [6, 6.07) is 7.51. The van der Waals surface area contributed by atoms with Crippen molar-refractivity contribution in [3.63, 3.8) is 0 Å². The number of fused-ring (bicyclic) bond motifs is 1. The van der Waals surface area contributed by atoms with Gasteiger partial charge in [-0.05, 0) is 43.0 Å². The number of aryl methyl sites for hydroxylation is 2. The predicted octanol–water partition coefficient (Wildman–Crippen LogP) is 2.67. The molecule has 0 aliphatic heterocycles. The van der Waals surface area contributed by atoms with Gasteiger partial charge in [0.2, 0.25) is 5.95 Å². The summed E-state index contributed by atoms with van der Waals surface area (Å²) in [5, 5.41) is 9.53. The summed E-state index contributed by atoms with van der Waals surface area (Å²) in [4.78, 5) is 22.7. The summed E-state index contributed by atoms with van der Waals surface area (Å²) in [6.07, 6.45) is 5.03. The first-order valence-electron chi connectivity index (χ1n) is 7.06. The second-order valence-electron chi connectivity index (χ2n) is 5.09. The average Bonchev–Trinajstić information content (AvgIpc) is 3.23. The second kappa shape index (κ2) is 5.34. The largest absolute Gasteiger partial charge is 0.288 e. The Morgan fingerprint density at radius 2 is 2.27 bits per heavy atom. The van der Waals surface area contributed by atoms with Crippen LogP contribution in [0.25, 0.3) is 11.5 Å². The van der Waals surface area contributed by atoms with Crippen molar-refractivity contribution in [1.29, 1.82) is 0 Å². The fourth-order valence-electron chi connectivity index (χ4n) is 2.54. The molecule has 0 fully saturated rings. The topological polar surface area (TPSA) is 83.6 Å². The number of H-pyrrole nitrogens is 1. The summed E-state index contributed by atoms with van der Waals surface area (Å²) in [7, 11) is 0. The van der Waals surface area contributed by atoms with E-state index in [9.17, 15) is 4.79 Å². The Bertz CT molecular complexity index is 802. The molecule has 110 valence electrons. The van der Waals surface area contributed by atoms with Gasteiger partial charge in [-0.15, -0.1) is 16.4 Å². The van der Waals surface area contributed by atoms with Crippen LogP contribution in [0.1, 0.15) is 26.5 Å². The number of hydrogen-bond donors (Lipinski definition) is 2. The smallest absolute Gasteiger partial charge is 0.268 e. The Kier molecular flexibility index (Phi) is 3.19. The molecule has 1 amide bonds. The van der Waals surface area contributed by atoms with E-state index in [4.69, 9.17) is 0 Å². The Balaban J connectivity index is 1.51. The molecular weight excluding hydrogens is 298 g/mol. The third-order valence-electron chi connectivity index (χ3n) is 3.59. The zero-order chi connectivity index (χ0) is 14.9. The van der Waals surface area contributed by atoms with Crippen LogP contribution in [0.15, 0.2) is 30.5 Å². The molecule has 2 N–H and O–H groups in total. The number of rotatable bonds is 3. The number of hydrogen-bond acceptors (Lipinski definition) is 5. The van der Waals surface area contributed by atoms with E-state index in [1.54, 1.807) is 17.5 Å². The molecule has 3 aromatic rings. The number of anilines is 1. The van der Waals surface area contributed by atoms with Crippen LogP contribution in [0, 0.1) is 0 Å². The minimum absolute atomic E-state index is 0.161. The first-order valence-corrected chi connectivity index (χ1v) is 7.88. The van der Waals surface area contributed by atoms with Crippen LogP contribution in [0.2, 0.25) is 0 Å². The maximum atomic E-state index is 12.3. The Morgan fingerprint density at radius 3 is 3.09 bits per heavy atom. The summed E-state index contributed by atoms with van der Waals surface area (Å²) in [5.74, 6) is 0.634. The molecule has 0 saturated heterocycles. The number of carbonyl (C=O) groups excluding carboxylic acids is 1. The molecule has 0 aromatic carbocycles. The van der Waals surface area contributed by atoms with E-state index >= 15 is 0 Å². The summed E-state index contributed by atoms with van der Waals surface area (Å²) in [6.45, 7) is 0. The molecule has 0 saturated carbocycles. The molecule has 22 heavy (non-hydrogen) atoms. The summed E-state index contributed by atoms with van der Waals surface area (Å²) < 4.78 is 0. The molecule has 1 aliphatic carbocycles. The van der Waals surface area contributed by atoms with Gasteiger partial charge in [-0.25, -0.2) is 0 Å². The molecule has 0 unspecified atom stereocenters. The molecule has 3 heterocycles. The minimum atomic E-state index is -0.161. The average molecular weight is 311 g/mol. The third-order valence-corrected chi connectivity index (χ3v) is 4.82. The predicted molar refractivity (Wildman–Crippen MR) is 83.9 cm³/mol. The van der Waals surface area contributed by atoms with Gasteiger partial charge in [0.25, 0.3) is 5.91 Å². The number of nitrogens with zero attached hydrogens (tertiary/aromatic N) is 3. The van der Waals surface area contributed by atoms with Crippen molar-refractivity contribution in [3.8, 4) is 11.5 Å². The Morgan fingerprint density at radius 1 is 1.32 bits per heavy atom. The van der Waals surface area contributed by atoms with Gasteiger partial charge < -0.3 is 0 Å². The van der Waals surface area contributed by atoms with E-state index in [1.807, 2.05) is 24.3 Å². The fourth-order valence-corrected chi connectivity index (χ4v) is 3.69. The number of thiophene rings is 1. The van der Waals surface area contributed by atoms with Crippen LogP contribution < -0.4 is 5.32 Å². The molecule has 0 spiro atoms. The van der Waals surface area contributed by atoms with Crippen LogP contribution in [0.3, 0.4) is 0 Å². The van der Waals surface area contributed by atoms with Gasteiger partial charge in [-0.3, -0.25) is 20.2 Å². The van der Waals surface area contributed by atoms with Crippen molar-refractivity contribution in [2.75, 3.05) is 5.32 Å². The van der Waals surface area contributed by atoms with Crippen LogP contribution in [0.5, 0.6) is 0 Å². The molecule has 6 nitrogen and oxygen atoms in total. The van der Waals surface area contributed by atoms with Gasteiger partial charge in [0.15, 0.2) is 5.82 Å². The maximum absolute atomic E-state index is 12.3. The normalized spacial score (nSPS) is 13.1. The lowest BCUT2D eigenvalue weighted by molar-refractivity contribution is 0.102.